The second-order valence-electron chi connectivity index (χ2n) is 7.24. The van der Waals surface area contributed by atoms with Crippen LogP contribution in [-0.2, 0) is 17.2 Å². The normalized spacial score (nSPS) is 11.9. The van der Waals surface area contributed by atoms with E-state index < -0.39 is 0 Å². The molecule has 0 fully saturated rings. The van der Waals surface area contributed by atoms with Crippen molar-refractivity contribution in [1.82, 2.24) is 5.43 Å². The lowest BCUT2D eigenvalue weighted by molar-refractivity contribution is -0.120. The van der Waals surface area contributed by atoms with Crippen LogP contribution in [0.4, 0.5) is 0 Å². The second-order valence-corrected chi connectivity index (χ2v) is 10.2. The molecule has 5 nitrogen and oxygen atoms in total. The number of halogens is 3. The zero-order chi connectivity index (χ0) is 24.5. The van der Waals surface area contributed by atoms with E-state index in [-0.39, 0.29) is 17.8 Å². The SMILES string of the molecule is COc1cc(/C=N/NC(=O)C(C)SCc2ccccc2)cc(Br)c1OCc1ccc(Cl)c(Cl)c1. The van der Waals surface area contributed by atoms with Crippen LogP contribution in [0.3, 0.4) is 0 Å². The molecule has 0 bridgehead atoms. The van der Waals surface area contributed by atoms with Crippen LogP contribution in [0, 0.1) is 0 Å². The number of nitrogens with zero attached hydrogens (tertiary/aromatic N) is 1. The van der Waals surface area contributed by atoms with E-state index in [2.05, 4.69) is 26.5 Å². The maximum Gasteiger partial charge on any atom is 0.252 e. The standard InChI is InChI=1S/C25H23BrCl2N2O3S/c1-16(34-15-17-6-4-3-5-7-17)25(31)30-29-13-19-10-20(26)24(23(12-19)32-2)33-14-18-8-9-21(27)22(28)11-18/h3-13,16H,14-15H2,1-2H3,(H,30,31)/b29-13+. The van der Waals surface area contributed by atoms with Crippen LogP contribution in [0.15, 0.2) is 70.2 Å². The van der Waals surface area contributed by atoms with Crippen LogP contribution in [0.5, 0.6) is 11.5 Å². The molecular formula is C25H23BrCl2N2O3S. The summed E-state index contributed by atoms with van der Waals surface area (Å²) in [6.45, 7) is 2.14. The Labute approximate surface area is 222 Å². The predicted molar refractivity (Wildman–Crippen MR) is 144 cm³/mol. The highest BCUT2D eigenvalue weighted by molar-refractivity contribution is 9.10. The number of methoxy groups -OCH3 is 1. The molecule has 1 N–H and O–H groups in total. The Kier molecular flexibility index (Phi) is 10.1. The molecule has 1 amide bonds. The van der Waals surface area contributed by atoms with Crippen molar-refractivity contribution >= 4 is 63.0 Å². The van der Waals surface area contributed by atoms with Crippen molar-refractivity contribution in [3.8, 4) is 11.5 Å². The molecule has 0 saturated carbocycles. The highest BCUT2D eigenvalue weighted by Crippen LogP contribution is 2.37. The van der Waals surface area contributed by atoms with E-state index >= 15 is 0 Å². The fraction of sp³-hybridized carbons (Fsp3) is 0.200. The van der Waals surface area contributed by atoms with Crippen LogP contribution in [0.1, 0.15) is 23.6 Å². The molecule has 34 heavy (non-hydrogen) atoms. The van der Waals surface area contributed by atoms with Gasteiger partial charge in [0.05, 0.1) is 33.1 Å². The first kappa shape index (κ1) is 26.4. The third kappa shape index (κ3) is 7.67. The van der Waals surface area contributed by atoms with Crippen LogP contribution in [-0.4, -0.2) is 24.5 Å². The number of benzene rings is 3. The number of ether oxygens (including phenoxy) is 2. The zero-order valence-electron chi connectivity index (χ0n) is 18.6. The Hall–Kier alpha value is -2.19. The predicted octanol–water partition coefficient (Wildman–Crippen LogP) is 7.12. The molecule has 0 aliphatic rings. The quantitative estimate of drug-likeness (QED) is 0.205. The first-order valence-electron chi connectivity index (χ1n) is 10.3. The number of hydrazone groups is 1. The van der Waals surface area contributed by atoms with Crippen LogP contribution in [0.2, 0.25) is 10.0 Å². The Morgan fingerprint density at radius 2 is 1.88 bits per heavy atom. The van der Waals surface area contributed by atoms with Gasteiger partial charge in [0.25, 0.3) is 5.91 Å². The zero-order valence-corrected chi connectivity index (χ0v) is 22.5. The number of amides is 1. The van der Waals surface area contributed by atoms with Crippen molar-refractivity contribution in [3.63, 3.8) is 0 Å². The maximum atomic E-state index is 12.3. The van der Waals surface area contributed by atoms with Crippen molar-refractivity contribution in [1.29, 1.82) is 0 Å². The van der Waals surface area contributed by atoms with Gasteiger partial charge in [0.1, 0.15) is 6.61 Å². The summed E-state index contributed by atoms with van der Waals surface area (Å²) in [4.78, 5) is 12.3. The summed E-state index contributed by atoms with van der Waals surface area (Å²) in [5.41, 5.74) is 5.37. The van der Waals surface area contributed by atoms with Gasteiger partial charge in [-0.3, -0.25) is 4.79 Å². The van der Waals surface area contributed by atoms with Gasteiger partial charge in [-0.25, -0.2) is 5.43 Å². The summed E-state index contributed by atoms with van der Waals surface area (Å²) in [5.74, 6) is 1.66. The second kappa shape index (κ2) is 13.0. The number of nitrogens with one attached hydrogen (secondary N) is 1. The van der Waals surface area contributed by atoms with Gasteiger partial charge < -0.3 is 9.47 Å². The van der Waals surface area contributed by atoms with Crippen molar-refractivity contribution in [2.45, 2.75) is 24.5 Å². The van der Waals surface area contributed by atoms with E-state index in [1.807, 2.05) is 49.4 Å². The van der Waals surface area contributed by atoms with Gasteiger partial charge in [-0.1, -0.05) is 59.6 Å². The van der Waals surface area contributed by atoms with Crippen LogP contribution < -0.4 is 14.9 Å². The minimum Gasteiger partial charge on any atom is -0.493 e. The molecule has 1 unspecified atom stereocenters. The molecular weight excluding hydrogens is 559 g/mol. The number of carbonyl (C=O) groups excluding carboxylic acids is 1. The Bertz CT molecular complexity index is 1160. The lowest BCUT2D eigenvalue weighted by Crippen LogP contribution is -2.27. The van der Waals surface area contributed by atoms with Gasteiger partial charge in [-0.05, 0) is 63.8 Å². The largest absolute Gasteiger partial charge is 0.493 e. The average molecular weight is 582 g/mol. The number of hydrogen-bond donors (Lipinski definition) is 1. The molecule has 0 aliphatic carbocycles. The van der Waals surface area contributed by atoms with Gasteiger partial charge in [0, 0.05) is 5.75 Å². The number of thioether (sulfide) groups is 1. The van der Waals surface area contributed by atoms with E-state index in [9.17, 15) is 4.79 Å². The maximum absolute atomic E-state index is 12.3. The fourth-order valence-corrected chi connectivity index (χ4v) is 4.61. The van der Waals surface area contributed by atoms with Gasteiger partial charge in [0.15, 0.2) is 11.5 Å². The molecule has 3 rings (SSSR count). The van der Waals surface area contributed by atoms with E-state index in [0.29, 0.717) is 26.0 Å². The topological polar surface area (TPSA) is 59.9 Å². The highest BCUT2D eigenvalue weighted by atomic mass is 79.9. The third-order valence-corrected chi connectivity index (χ3v) is 7.26. The monoisotopic (exact) mass is 580 g/mol. The molecule has 0 saturated heterocycles. The average Bonchev–Trinajstić information content (AvgIpc) is 2.84. The number of carbonyl (C=O) groups is 1. The summed E-state index contributed by atoms with van der Waals surface area (Å²) in [5, 5.41) is 4.81. The molecule has 3 aromatic rings. The molecule has 9 heteroatoms. The van der Waals surface area contributed by atoms with Gasteiger partial charge >= 0.3 is 0 Å². The Balaban J connectivity index is 1.58. The molecule has 0 aromatic heterocycles. The smallest absolute Gasteiger partial charge is 0.252 e. The number of rotatable bonds is 10. The van der Waals surface area contributed by atoms with Crippen molar-refractivity contribution in [2.24, 2.45) is 5.10 Å². The third-order valence-electron chi connectivity index (χ3n) is 4.72. The van der Waals surface area contributed by atoms with Gasteiger partial charge in [-0.2, -0.15) is 5.10 Å². The molecule has 0 radical (unpaired) electrons. The van der Waals surface area contributed by atoms with E-state index in [0.717, 1.165) is 16.9 Å². The first-order chi connectivity index (χ1) is 16.4. The van der Waals surface area contributed by atoms with Gasteiger partial charge in [-0.15, -0.1) is 11.8 Å². The molecule has 0 aliphatic heterocycles. The van der Waals surface area contributed by atoms with Crippen molar-refractivity contribution in [3.05, 3.63) is 91.9 Å². The fourth-order valence-electron chi connectivity index (χ4n) is 2.87. The van der Waals surface area contributed by atoms with Crippen LogP contribution in [0.25, 0.3) is 0 Å². The van der Waals surface area contributed by atoms with E-state index in [1.54, 1.807) is 43.3 Å². The molecule has 178 valence electrons. The molecule has 0 spiro atoms. The lowest BCUT2D eigenvalue weighted by atomic mass is 10.2. The van der Waals surface area contributed by atoms with E-state index in [4.69, 9.17) is 32.7 Å². The summed E-state index contributed by atoms with van der Waals surface area (Å²) in [6.07, 6.45) is 1.56. The Morgan fingerprint density at radius 1 is 1.12 bits per heavy atom. The minimum atomic E-state index is -0.240. The summed E-state index contributed by atoms with van der Waals surface area (Å²) >= 11 is 17.1. The van der Waals surface area contributed by atoms with Crippen LogP contribution >= 0.6 is 50.9 Å². The minimum absolute atomic E-state index is 0.162. The number of hydrogen-bond acceptors (Lipinski definition) is 5. The summed E-state index contributed by atoms with van der Waals surface area (Å²) < 4.78 is 12.1. The first-order valence-corrected chi connectivity index (χ1v) is 12.9. The van der Waals surface area contributed by atoms with Crippen molar-refractivity contribution < 1.29 is 14.3 Å². The van der Waals surface area contributed by atoms with Gasteiger partial charge in [0.2, 0.25) is 0 Å². The lowest BCUT2D eigenvalue weighted by Gasteiger charge is -2.14. The molecule has 1 atom stereocenters. The summed E-state index contributed by atoms with van der Waals surface area (Å²) in [6, 6.07) is 19.0. The summed E-state index contributed by atoms with van der Waals surface area (Å²) in [7, 11) is 1.56. The molecule has 3 aromatic carbocycles. The molecule has 0 heterocycles. The Morgan fingerprint density at radius 3 is 2.59 bits per heavy atom. The van der Waals surface area contributed by atoms with Crippen molar-refractivity contribution in [2.75, 3.05) is 7.11 Å². The van der Waals surface area contributed by atoms with E-state index in [1.165, 1.54) is 5.56 Å². The highest BCUT2D eigenvalue weighted by Gasteiger charge is 2.14.